The lowest BCUT2D eigenvalue weighted by Gasteiger charge is -2.06. The molecule has 10 heavy (non-hydrogen) atoms. The minimum atomic E-state index is 0.611. The topological polar surface area (TPSA) is 0 Å². The van der Waals surface area contributed by atoms with Gasteiger partial charge >= 0.3 is 0 Å². The first-order chi connectivity index (χ1) is 4.55. The van der Waals surface area contributed by atoms with Crippen LogP contribution in [0.15, 0.2) is 22.2 Å². The van der Waals surface area contributed by atoms with Crippen LogP contribution in [0.25, 0.3) is 0 Å². The zero-order valence-corrected chi connectivity index (χ0v) is 9.15. The molecule has 1 atom stereocenters. The van der Waals surface area contributed by atoms with E-state index < -0.39 is 0 Å². The molecular formula is C8H13BSi. The maximum atomic E-state index is 5.88. The van der Waals surface area contributed by atoms with Crippen molar-refractivity contribution < 1.29 is 0 Å². The third kappa shape index (κ3) is 0.909. The van der Waals surface area contributed by atoms with Crippen LogP contribution in [-0.4, -0.2) is 18.1 Å². The average molecular weight is 148 g/mol. The van der Waals surface area contributed by atoms with Crippen LogP contribution in [0.3, 0.4) is 0 Å². The Labute approximate surface area is 67.2 Å². The van der Waals surface area contributed by atoms with Crippen molar-refractivity contribution in [3.05, 3.63) is 22.2 Å². The predicted molar refractivity (Wildman–Crippen MR) is 50.5 cm³/mol. The maximum Gasteiger partial charge on any atom is 0.108 e. The van der Waals surface area contributed by atoms with E-state index in [4.69, 9.17) is 7.85 Å². The minimum Gasteiger partial charge on any atom is -0.111 e. The zero-order chi connectivity index (χ0) is 7.89. The highest BCUT2D eigenvalue weighted by molar-refractivity contribution is 6.32. The van der Waals surface area contributed by atoms with Gasteiger partial charge in [-0.2, -0.15) is 0 Å². The second-order valence-corrected chi connectivity index (χ2v) is 4.26. The van der Waals surface area contributed by atoms with E-state index in [1.165, 1.54) is 16.7 Å². The fourth-order valence-electron chi connectivity index (χ4n) is 1.40. The van der Waals surface area contributed by atoms with Crippen molar-refractivity contribution in [2.75, 3.05) is 0 Å². The molecule has 0 N–H and O–H groups in total. The molecule has 0 amide bonds. The summed E-state index contributed by atoms with van der Waals surface area (Å²) in [5.41, 5.74) is 5.94. The molecule has 0 aliphatic heterocycles. The Hall–Kier alpha value is -0.238. The Balaban J connectivity index is 3.09. The van der Waals surface area contributed by atoms with Gasteiger partial charge in [-0.25, -0.2) is 0 Å². The molecule has 0 aromatic heterocycles. The quantitative estimate of drug-likeness (QED) is 0.448. The van der Waals surface area contributed by atoms with Crippen LogP contribution in [0, 0.1) is 0 Å². The standard InChI is InChI=1S/C8H13BSi/c1-4-5(2)7(9)8(10)6(4)3/h8H,1-3,10H3. The molecule has 0 bridgehead atoms. The van der Waals surface area contributed by atoms with E-state index in [-0.39, 0.29) is 0 Å². The van der Waals surface area contributed by atoms with Crippen molar-refractivity contribution in [3.8, 4) is 0 Å². The molecule has 1 aliphatic rings. The van der Waals surface area contributed by atoms with Crippen molar-refractivity contribution >= 4 is 18.1 Å². The first kappa shape index (κ1) is 7.86. The fourth-order valence-corrected chi connectivity index (χ4v) is 2.26. The summed E-state index contributed by atoms with van der Waals surface area (Å²) in [5.74, 6) is 0. The Morgan fingerprint density at radius 3 is 1.80 bits per heavy atom. The normalized spacial score (nSPS) is 26.9. The molecule has 1 rings (SSSR count). The summed E-state index contributed by atoms with van der Waals surface area (Å²) >= 11 is 0. The molecular weight excluding hydrogens is 135 g/mol. The van der Waals surface area contributed by atoms with Crippen molar-refractivity contribution in [2.45, 2.75) is 26.3 Å². The largest absolute Gasteiger partial charge is 0.111 e. The first-order valence-corrected chi connectivity index (χ1v) is 4.85. The van der Waals surface area contributed by atoms with Crippen LogP contribution in [0.2, 0.25) is 5.54 Å². The lowest BCUT2D eigenvalue weighted by molar-refractivity contribution is 1.19. The van der Waals surface area contributed by atoms with E-state index in [1.54, 1.807) is 0 Å². The Bertz CT molecular complexity index is 201. The monoisotopic (exact) mass is 148 g/mol. The summed E-state index contributed by atoms with van der Waals surface area (Å²) in [6, 6.07) is 0. The molecule has 52 valence electrons. The summed E-state index contributed by atoms with van der Waals surface area (Å²) < 4.78 is 0. The van der Waals surface area contributed by atoms with Gasteiger partial charge in [-0.05, 0) is 31.9 Å². The van der Waals surface area contributed by atoms with Gasteiger partial charge in [0.1, 0.15) is 7.85 Å². The highest BCUT2D eigenvalue weighted by Crippen LogP contribution is 2.36. The molecule has 0 heterocycles. The molecule has 0 saturated heterocycles. The summed E-state index contributed by atoms with van der Waals surface area (Å²) in [6.07, 6.45) is 0. The second-order valence-electron chi connectivity index (χ2n) is 3.11. The van der Waals surface area contributed by atoms with E-state index in [0.717, 1.165) is 15.7 Å². The van der Waals surface area contributed by atoms with Gasteiger partial charge in [0.2, 0.25) is 0 Å². The van der Waals surface area contributed by atoms with Crippen LogP contribution in [0.1, 0.15) is 20.8 Å². The van der Waals surface area contributed by atoms with Crippen LogP contribution >= 0.6 is 0 Å². The van der Waals surface area contributed by atoms with Crippen LogP contribution in [0.4, 0.5) is 0 Å². The molecule has 0 saturated carbocycles. The number of rotatable bonds is 0. The summed E-state index contributed by atoms with van der Waals surface area (Å²) in [4.78, 5) is 0. The van der Waals surface area contributed by atoms with E-state index in [1.807, 2.05) is 0 Å². The van der Waals surface area contributed by atoms with Crippen LogP contribution in [-0.2, 0) is 0 Å². The summed E-state index contributed by atoms with van der Waals surface area (Å²) in [7, 11) is 7.03. The van der Waals surface area contributed by atoms with Crippen molar-refractivity contribution in [1.82, 2.24) is 0 Å². The minimum absolute atomic E-state index is 0.611. The van der Waals surface area contributed by atoms with Gasteiger partial charge in [0.15, 0.2) is 0 Å². The SMILES string of the molecule is [B]C1=C(C)C(C)=C(C)C1[SiH3]. The van der Waals surface area contributed by atoms with Crippen LogP contribution in [0.5, 0.6) is 0 Å². The zero-order valence-electron chi connectivity index (χ0n) is 7.15. The lowest BCUT2D eigenvalue weighted by Crippen LogP contribution is -1.93. The van der Waals surface area contributed by atoms with E-state index in [9.17, 15) is 0 Å². The predicted octanol–water partition coefficient (Wildman–Crippen LogP) is 0.933. The van der Waals surface area contributed by atoms with E-state index >= 15 is 0 Å². The van der Waals surface area contributed by atoms with Gasteiger partial charge in [0.25, 0.3) is 0 Å². The maximum absolute atomic E-state index is 5.88. The first-order valence-electron chi connectivity index (χ1n) is 3.69. The molecule has 1 aliphatic carbocycles. The molecule has 0 fully saturated rings. The second kappa shape index (κ2) is 2.42. The van der Waals surface area contributed by atoms with E-state index in [0.29, 0.717) is 5.54 Å². The van der Waals surface area contributed by atoms with Gasteiger partial charge in [-0.3, -0.25) is 0 Å². The Kier molecular flexibility index (Phi) is 1.91. The molecule has 2 radical (unpaired) electrons. The van der Waals surface area contributed by atoms with Gasteiger partial charge in [0.05, 0.1) is 0 Å². The van der Waals surface area contributed by atoms with Gasteiger partial charge in [-0.1, -0.05) is 11.1 Å². The fraction of sp³-hybridized carbons (Fsp3) is 0.500. The Morgan fingerprint density at radius 2 is 1.70 bits per heavy atom. The van der Waals surface area contributed by atoms with Gasteiger partial charge in [0, 0.05) is 10.2 Å². The van der Waals surface area contributed by atoms with Crippen molar-refractivity contribution in [2.24, 2.45) is 0 Å². The van der Waals surface area contributed by atoms with Crippen LogP contribution < -0.4 is 0 Å². The number of hydrogen-bond donors (Lipinski definition) is 0. The molecule has 2 heteroatoms. The third-order valence-corrected chi connectivity index (χ3v) is 4.19. The highest BCUT2D eigenvalue weighted by atomic mass is 28.1. The van der Waals surface area contributed by atoms with Gasteiger partial charge in [-0.15, -0.1) is 5.47 Å². The number of hydrogen-bond acceptors (Lipinski definition) is 0. The number of allylic oxidation sites excluding steroid dienone is 4. The molecule has 0 aromatic carbocycles. The molecule has 0 spiro atoms. The molecule has 1 unspecified atom stereocenters. The Morgan fingerprint density at radius 1 is 1.20 bits per heavy atom. The summed E-state index contributed by atoms with van der Waals surface area (Å²) in [6.45, 7) is 6.47. The molecule has 0 aromatic rings. The average Bonchev–Trinajstić information content (AvgIpc) is 2.07. The molecule has 0 nitrogen and oxygen atoms in total. The lowest BCUT2D eigenvalue weighted by atomic mass is 9.90. The summed E-state index contributed by atoms with van der Waals surface area (Å²) in [5, 5.41) is 0. The smallest absolute Gasteiger partial charge is 0.108 e. The van der Waals surface area contributed by atoms with Crippen molar-refractivity contribution in [1.29, 1.82) is 0 Å². The van der Waals surface area contributed by atoms with Crippen molar-refractivity contribution in [3.63, 3.8) is 0 Å². The third-order valence-electron chi connectivity index (χ3n) is 2.70. The van der Waals surface area contributed by atoms with E-state index in [2.05, 4.69) is 20.8 Å². The highest BCUT2D eigenvalue weighted by Gasteiger charge is 2.18. The van der Waals surface area contributed by atoms with Gasteiger partial charge < -0.3 is 0 Å².